The van der Waals surface area contributed by atoms with Gasteiger partial charge in [-0.2, -0.15) is 0 Å². The SMILES string of the molecule is COc1ccc(OC)c(-c2ccc(N3CCN(C(=O)COc4ccc(C)c(C)c4)CC3)nn2)c1. The number of rotatable bonds is 7. The summed E-state index contributed by atoms with van der Waals surface area (Å²) in [5, 5.41) is 8.83. The summed E-state index contributed by atoms with van der Waals surface area (Å²) in [7, 11) is 3.25. The summed E-state index contributed by atoms with van der Waals surface area (Å²) in [5.41, 5.74) is 3.88. The number of hydrogen-bond donors (Lipinski definition) is 0. The van der Waals surface area contributed by atoms with Crippen LogP contribution in [0, 0.1) is 13.8 Å². The van der Waals surface area contributed by atoms with E-state index in [2.05, 4.69) is 22.0 Å². The molecule has 0 radical (unpaired) electrons. The molecule has 1 amide bonds. The van der Waals surface area contributed by atoms with E-state index in [-0.39, 0.29) is 12.5 Å². The van der Waals surface area contributed by atoms with E-state index < -0.39 is 0 Å². The van der Waals surface area contributed by atoms with Crippen molar-refractivity contribution in [2.24, 2.45) is 0 Å². The summed E-state index contributed by atoms with van der Waals surface area (Å²) >= 11 is 0. The molecule has 1 aliphatic heterocycles. The van der Waals surface area contributed by atoms with Crippen molar-refractivity contribution < 1.29 is 19.0 Å². The van der Waals surface area contributed by atoms with Crippen LogP contribution in [0.5, 0.6) is 17.2 Å². The zero-order valence-corrected chi connectivity index (χ0v) is 20.1. The molecule has 8 heteroatoms. The standard InChI is InChI=1S/C26H30N4O4/c1-18-5-6-21(15-19(18)2)34-17-26(31)30-13-11-29(12-14-30)25-10-8-23(27-28-25)22-16-20(32-3)7-9-24(22)33-4/h5-10,15-16H,11-14,17H2,1-4H3. The van der Waals surface area contributed by atoms with Gasteiger partial charge in [0.05, 0.1) is 19.9 Å². The number of carbonyl (C=O) groups is 1. The largest absolute Gasteiger partial charge is 0.497 e. The zero-order valence-electron chi connectivity index (χ0n) is 20.1. The van der Waals surface area contributed by atoms with Crippen molar-refractivity contribution in [3.63, 3.8) is 0 Å². The Morgan fingerprint density at radius 1 is 0.853 bits per heavy atom. The fraction of sp³-hybridized carbons (Fsp3) is 0.346. The molecule has 0 N–H and O–H groups in total. The topological polar surface area (TPSA) is 77.0 Å². The molecule has 3 aromatic rings. The van der Waals surface area contributed by atoms with Crippen molar-refractivity contribution in [2.75, 3.05) is 51.9 Å². The van der Waals surface area contributed by atoms with Gasteiger partial charge < -0.3 is 24.0 Å². The molecule has 2 heterocycles. The lowest BCUT2D eigenvalue weighted by Gasteiger charge is -2.35. The highest BCUT2D eigenvalue weighted by Crippen LogP contribution is 2.32. The van der Waals surface area contributed by atoms with Crippen LogP contribution in [-0.2, 0) is 4.79 Å². The van der Waals surface area contributed by atoms with Crippen molar-refractivity contribution in [1.82, 2.24) is 15.1 Å². The number of nitrogens with zero attached hydrogens (tertiary/aromatic N) is 4. The van der Waals surface area contributed by atoms with Crippen LogP contribution in [0.1, 0.15) is 11.1 Å². The zero-order chi connectivity index (χ0) is 24.1. The molecule has 1 aromatic heterocycles. The normalized spacial score (nSPS) is 13.5. The summed E-state index contributed by atoms with van der Waals surface area (Å²) in [5.74, 6) is 2.92. The molecule has 0 bridgehead atoms. The van der Waals surface area contributed by atoms with E-state index in [9.17, 15) is 4.79 Å². The molecule has 8 nitrogen and oxygen atoms in total. The van der Waals surface area contributed by atoms with E-state index in [1.807, 2.05) is 60.4 Å². The second-order valence-corrected chi connectivity index (χ2v) is 8.25. The average Bonchev–Trinajstić information content (AvgIpc) is 2.89. The monoisotopic (exact) mass is 462 g/mol. The minimum Gasteiger partial charge on any atom is -0.497 e. The maximum absolute atomic E-state index is 12.6. The number of aromatic nitrogens is 2. The van der Waals surface area contributed by atoms with Crippen LogP contribution in [0.25, 0.3) is 11.3 Å². The van der Waals surface area contributed by atoms with Gasteiger partial charge in [0.25, 0.3) is 5.91 Å². The highest BCUT2D eigenvalue weighted by molar-refractivity contribution is 5.78. The van der Waals surface area contributed by atoms with Gasteiger partial charge in [-0.1, -0.05) is 6.07 Å². The quantitative estimate of drug-likeness (QED) is 0.532. The number of carbonyl (C=O) groups excluding carboxylic acids is 1. The van der Waals surface area contributed by atoms with Crippen molar-refractivity contribution in [3.05, 3.63) is 59.7 Å². The second kappa shape index (κ2) is 10.4. The van der Waals surface area contributed by atoms with Gasteiger partial charge in [0.15, 0.2) is 12.4 Å². The first kappa shape index (κ1) is 23.4. The van der Waals surface area contributed by atoms with Gasteiger partial charge in [0.1, 0.15) is 17.2 Å². The van der Waals surface area contributed by atoms with Crippen molar-refractivity contribution in [2.45, 2.75) is 13.8 Å². The number of piperazine rings is 1. The summed E-state index contributed by atoms with van der Waals surface area (Å²) in [6.07, 6.45) is 0. The Morgan fingerprint density at radius 2 is 1.62 bits per heavy atom. The molecule has 1 saturated heterocycles. The van der Waals surface area contributed by atoms with E-state index in [1.165, 1.54) is 5.56 Å². The van der Waals surface area contributed by atoms with Gasteiger partial charge >= 0.3 is 0 Å². The molecule has 4 rings (SSSR count). The number of hydrogen-bond acceptors (Lipinski definition) is 7. The van der Waals surface area contributed by atoms with Crippen LogP contribution < -0.4 is 19.1 Å². The van der Waals surface area contributed by atoms with Gasteiger partial charge in [0, 0.05) is 31.7 Å². The van der Waals surface area contributed by atoms with E-state index in [0.29, 0.717) is 37.6 Å². The third-order valence-electron chi connectivity index (χ3n) is 6.13. The lowest BCUT2D eigenvalue weighted by Crippen LogP contribution is -2.50. The van der Waals surface area contributed by atoms with E-state index in [4.69, 9.17) is 14.2 Å². The highest BCUT2D eigenvalue weighted by Gasteiger charge is 2.23. The number of ether oxygens (including phenoxy) is 3. The van der Waals surface area contributed by atoms with Crippen LogP contribution in [0.2, 0.25) is 0 Å². The van der Waals surface area contributed by atoms with Crippen LogP contribution in [-0.4, -0.2) is 68.0 Å². The molecular weight excluding hydrogens is 432 g/mol. The molecule has 34 heavy (non-hydrogen) atoms. The summed E-state index contributed by atoms with van der Waals surface area (Å²) < 4.78 is 16.5. The Hall–Kier alpha value is -3.81. The van der Waals surface area contributed by atoms with Crippen LogP contribution in [0.15, 0.2) is 48.5 Å². The van der Waals surface area contributed by atoms with Gasteiger partial charge in [-0.3, -0.25) is 4.79 Å². The Morgan fingerprint density at radius 3 is 2.26 bits per heavy atom. The average molecular weight is 463 g/mol. The molecule has 0 saturated carbocycles. The van der Waals surface area contributed by atoms with E-state index >= 15 is 0 Å². The third kappa shape index (κ3) is 5.22. The number of anilines is 1. The molecule has 2 aromatic carbocycles. The van der Waals surface area contributed by atoms with Gasteiger partial charge in [-0.15, -0.1) is 10.2 Å². The minimum atomic E-state index is -0.00979. The summed E-state index contributed by atoms with van der Waals surface area (Å²) in [4.78, 5) is 16.6. The lowest BCUT2D eigenvalue weighted by molar-refractivity contribution is -0.133. The predicted octanol–water partition coefficient (Wildman–Crippen LogP) is 3.51. The minimum absolute atomic E-state index is 0.00979. The summed E-state index contributed by atoms with van der Waals surface area (Å²) in [6.45, 7) is 6.73. The number of amides is 1. The first-order chi connectivity index (χ1) is 16.5. The highest BCUT2D eigenvalue weighted by atomic mass is 16.5. The Bertz CT molecular complexity index is 1140. The smallest absolute Gasteiger partial charge is 0.260 e. The van der Waals surface area contributed by atoms with Crippen molar-refractivity contribution in [3.8, 4) is 28.5 Å². The molecule has 1 fully saturated rings. The third-order valence-corrected chi connectivity index (χ3v) is 6.13. The van der Waals surface area contributed by atoms with Gasteiger partial charge in [-0.05, 0) is 67.4 Å². The lowest BCUT2D eigenvalue weighted by atomic mass is 10.1. The molecule has 0 atom stereocenters. The molecule has 0 spiro atoms. The van der Waals surface area contributed by atoms with Gasteiger partial charge in [-0.25, -0.2) is 0 Å². The van der Waals surface area contributed by atoms with E-state index in [1.54, 1.807) is 14.2 Å². The number of aryl methyl sites for hydroxylation is 2. The maximum atomic E-state index is 12.6. The molecule has 0 aliphatic carbocycles. The second-order valence-electron chi connectivity index (χ2n) is 8.25. The van der Waals surface area contributed by atoms with E-state index in [0.717, 1.165) is 28.4 Å². The first-order valence-corrected chi connectivity index (χ1v) is 11.3. The molecule has 0 unspecified atom stereocenters. The Labute approximate surface area is 200 Å². The summed E-state index contributed by atoms with van der Waals surface area (Å²) in [6, 6.07) is 15.3. The maximum Gasteiger partial charge on any atom is 0.260 e. The van der Waals surface area contributed by atoms with Crippen molar-refractivity contribution >= 4 is 11.7 Å². The van der Waals surface area contributed by atoms with Crippen LogP contribution >= 0.6 is 0 Å². The van der Waals surface area contributed by atoms with Crippen molar-refractivity contribution in [1.29, 1.82) is 0 Å². The Kier molecular flexibility index (Phi) is 7.15. The number of benzene rings is 2. The molecule has 178 valence electrons. The fourth-order valence-electron chi connectivity index (χ4n) is 3.88. The van der Waals surface area contributed by atoms with Gasteiger partial charge in [0.2, 0.25) is 0 Å². The van der Waals surface area contributed by atoms with Crippen LogP contribution in [0.4, 0.5) is 5.82 Å². The number of methoxy groups -OCH3 is 2. The Balaban J connectivity index is 1.33. The fourth-order valence-corrected chi connectivity index (χ4v) is 3.88. The molecular formula is C26H30N4O4. The first-order valence-electron chi connectivity index (χ1n) is 11.3. The predicted molar refractivity (Wildman–Crippen MR) is 131 cm³/mol. The van der Waals surface area contributed by atoms with Crippen LogP contribution in [0.3, 0.4) is 0 Å². The molecule has 1 aliphatic rings.